The van der Waals surface area contributed by atoms with Crippen molar-refractivity contribution in [2.24, 2.45) is 5.41 Å². The second kappa shape index (κ2) is 6.81. The molecule has 1 saturated heterocycles. The van der Waals surface area contributed by atoms with Crippen LogP contribution in [0, 0.1) is 5.41 Å². The number of hydrogen-bond donors (Lipinski definition) is 1. The first-order valence-electron chi connectivity index (χ1n) is 8.09. The number of rotatable bonds is 3. The molecule has 0 bridgehead atoms. The smallest absolute Gasteiger partial charge is 0.442 e. The Bertz CT molecular complexity index is 682. The lowest BCUT2D eigenvalue weighted by molar-refractivity contribution is -0.534. The summed E-state index contributed by atoms with van der Waals surface area (Å²) in [5, 5.41) is 9.42. The Kier molecular flexibility index (Phi) is 6.05. The van der Waals surface area contributed by atoms with E-state index in [1.807, 2.05) is 0 Å². The Morgan fingerprint density at radius 1 is 0.967 bits per heavy atom. The first-order valence-corrected chi connectivity index (χ1v) is 8.09. The molecule has 1 rings (SSSR count). The molecule has 1 aliphatic rings. The largest absolute Gasteiger partial charge is 0.449 e. The van der Waals surface area contributed by atoms with Crippen LogP contribution in [0.4, 0.5) is 48.3 Å². The molecule has 1 aliphatic heterocycles. The summed E-state index contributed by atoms with van der Waals surface area (Å²) in [6.07, 6.45) is -23.0. The van der Waals surface area contributed by atoms with Crippen LogP contribution in [0.5, 0.6) is 0 Å². The van der Waals surface area contributed by atoms with Crippen molar-refractivity contribution in [1.82, 2.24) is 0 Å². The molecule has 1 fully saturated rings. The first-order chi connectivity index (χ1) is 12.9. The normalized spacial score (nSPS) is 33.3. The SMILES string of the molecule is CCC(C)(C)C(=O)OC1(C(F)(F)F)CC(C)(C(F)(F)F)OC(O)(C(F)(F)F)C1(F)F. The van der Waals surface area contributed by atoms with Crippen LogP contribution in [0.2, 0.25) is 0 Å². The van der Waals surface area contributed by atoms with Gasteiger partial charge in [0.25, 0.3) is 5.60 Å². The zero-order valence-electron chi connectivity index (χ0n) is 15.7. The average molecular weight is 470 g/mol. The summed E-state index contributed by atoms with van der Waals surface area (Å²) < 4.78 is 157. The number of halogens is 11. The molecule has 0 aromatic rings. The minimum absolute atomic E-state index is 0.373. The summed E-state index contributed by atoms with van der Waals surface area (Å²) in [5.74, 6) is -15.1. The van der Waals surface area contributed by atoms with E-state index in [9.17, 15) is 58.2 Å². The van der Waals surface area contributed by atoms with Crippen LogP contribution in [-0.2, 0) is 14.3 Å². The number of ether oxygens (including phenoxy) is 2. The molecule has 4 nitrogen and oxygen atoms in total. The fourth-order valence-electron chi connectivity index (χ4n) is 2.56. The van der Waals surface area contributed by atoms with Crippen LogP contribution in [-0.4, -0.2) is 52.5 Å². The van der Waals surface area contributed by atoms with Crippen molar-refractivity contribution in [1.29, 1.82) is 0 Å². The van der Waals surface area contributed by atoms with Crippen LogP contribution in [0.25, 0.3) is 0 Å². The van der Waals surface area contributed by atoms with E-state index in [2.05, 4.69) is 9.47 Å². The fraction of sp³-hybridized carbons (Fsp3) is 0.933. The highest BCUT2D eigenvalue weighted by Gasteiger charge is 2.92. The fourth-order valence-corrected chi connectivity index (χ4v) is 2.56. The molecule has 178 valence electrons. The molecule has 0 spiro atoms. The average Bonchev–Trinajstić information content (AvgIpc) is 2.49. The van der Waals surface area contributed by atoms with Crippen molar-refractivity contribution in [3.8, 4) is 0 Å². The molecule has 0 radical (unpaired) electrons. The maximum atomic E-state index is 14.7. The van der Waals surface area contributed by atoms with Gasteiger partial charge in [-0.15, -0.1) is 0 Å². The molecule has 3 atom stereocenters. The highest BCUT2D eigenvalue weighted by Crippen LogP contribution is 2.64. The number of aliphatic hydroxyl groups is 1. The van der Waals surface area contributed by atoms with Crippen molar-refractivity contribution in [2.45, 2.75) is 82.0 Å². The van der Waals surface area contributed by atoms with Gasteiger partial charge in [-0.1, -0.05) is 6.92 Å². The lowest BCUT2D eigenvalue weighted by Gasteiger charge is -2.56. The summed E-state index contributed by atoms with van der Waals surface area (Å²) in [7, 11) is 0. The first kappa shape index (κ1) is 26.7. The predicted molar refractivity (Wildman–Crippen MR) is 75.1 cm³/mol. The predicted octanol–water partition coefficient (Wildman–Crippen LogP) is 4.89. The Hall–Kier alpha value is -1.38. The summed E-state index contributed by atoms with van der Waals surface area (Å²) in [5.41, 5.74) is -12.4. The van der Waals surface area contributed by atoms with E-state index in [0.717, 1.165) is 13.8 Å². The standard InChI is InChI=1S/C15H17F11O4/c1-5-8(2,3)7(27)29-10(14(21,22)23)6-9(4,13(18,19)20)30-12(28,11(10,16)17)15(24,25)26/h28H,5-6H2,1-4H3. The van der Waals surface area contributed by atoms with Crippen molar-refractivity contribution in [2.75, 3.05) is 0 Å². The summed E-state index contributed by atoms with van der Waals surface area (Å²) in [4.78, 5) is 12.1. The third-order valence-electron chi connectivity index (χ3n) is 5.04. The molecular formula is C15H17F11O4. The van der Waals surface area contributed by atoms with Gasteiger partial charge < -0.3 is 14.6 Å². The van der Waals surface area contributed by atoms with Crippen LogP contribution < -0.4 is 0 Å². The van der Waals surface area contributed by atoms with E-state index in [1.165, 1.54) is 6.92 Å². The Balaban J connectivity index is 3.98. The molecular weight excluding hydrogens is 453 g/mol. The minimum Gasteiger partial charge on any atom is -0.442 e. The quantitative estimate of drug-likeness (QED) is 0.472. The Morgan fingerprint density at radius 3 is 1.70 bits per heavy atom. The second-order valence-electron chi connectivity index (χ2n) is 7.68. The van der Waals surface area contributed by atoms with Gasteiger partial charge in [0.2, 0.25) is 0 Å². The number of carbonyl (C=O) groups excluding carboxylic acids is 1. The van der Waals surface area contributed by atoms with Gasteiger partial charge >= 0.3 is 36.2 Å². The second-order valence-corrected chi connectivity index (χ2v) is 7.68. The van der Waals surface area contributed by atoms with E-state index < -0.39 is 66.2 Å². The maximum Gasteiger partial charge on any atom is 0.449 e. The summed E-state index contributed by atoms with van der Waals surface area (Å²) in [6, 6.07) is 0. The van der Waals surface area contributed by atoms with Gasteiger partial charge in [0.15, 0.2) is 5.60 Å². The van der Waals surface area contributed by atoms with Gasteiger partial charge in [0, 0.05) is 6.42 Å². The number of carbonyl (C=O) groups is 1. The third kappa shape index (κ3) is 3.60. The summed E-state index contributed by atoms with van der Waals surface area (Å²) >= 11 is 0. The molecule has 0 aromatic carbocycles. The van der Waals surface area contributed by atoms with Gasteiger partial charge in [-0.3, -0.25) is 4.79 Å². The van der Waals surface area contributed by atoms with E-state index in [4.69, 9.17) is 0 Å². The van der Waals surface area contributed by atoms with Crippen LogP contribution in [0.15, 0.2) is 0 Å². The van der Waals surface area contributed by atoms with Gasteiger partial charge in [0.05, 0.1) is 5.41 Å². The van der Waals surface area contributed by atoms with Crippen molar-refractivity contribution in [3.63, 3.8) is 0 Å². The zero-order chi connectivity index (χ0) is 24.4. The molecule has 0 amide bonds. The van der Waals surface area contributed by atoms with Gasteiger partial charge in [-0.2, -0.15) is 48.3 Å². The van der Waals surface area contributed by atoms with Crippen LogP contribution in [0.3, 0.4) is 0 Å². The minimum atomic E-state index is -6.85. The van der Waals surface area contributed by atoms with E-state index in [0.29, 0.717) is 0 Å². The molecule has 0 aliphatic carbocycles. The lowest BCUT2D eigenvalue weighted by atomic mass is 9.74. The molecule has 1 N–H and O–H groups in total. The molecule has 1 heterocycles. The Labute approximate surface area is 162 Å². The molecule has 30 heavy (non-hydrogen) atoms. The molecule has 15 heteroatoms. The van der Waals surface area contributed by atoms with Gasteiger partial charge in [0.1, 0.15) is 0 Å². The van der Waals surface area contributed by atoms with Gasteiger partial charge in [-0.05, 0) is 27.2 Å². The summed E-state index contributed by atoms with van der Waals surface area (Å²) in [6.45, 7) is 2.51. The highest BCUT2D eigenvalue weighted by atomic mass is 19.4. The van der Waals surface area contributed by atoms with Crippen LogP contribution in [0.1, 0.15) is 40.5 Å². The highest BCUT2D eigenvalue weighted by molar-refractivity contribution is 5.76. The van der Waals surface area contributed by atoms with E-state index in [-0.39, 0.29) is 6.42 Å². The lowest BCUT2D eigenvalue weighted by Crippen LogP contribution is -2.82. The topological polar surface area (TPSA) is 55.8 Å². The van der Waals surface area contributed by atoms with E-state index in [1.54, 1.807) is 0 Å². The van der Waals surface area contributed by atoms with Crippen molar-refractivity contribution in [3.05, 3.63) is 0 Å². The van der Waals surface area contributed by atoms with Gasteiger partial charge in [-0.25, -0.2) is 0 Å². The molecule has 0 aromatic heterocycles. The third-order valence-corrected chi connectivity index (χ3v) is 5.04. The Morgan fingerprint density at radius 2 is 1.40 bits per heavy atom. The van der Waals surface area contributed by atoms with Crippen molar-refractivity contribution >= 4 is 5.97 Å². The number of hydrogen-bond acceptors (Lipinski definition) is 4. The maximum absolute atomic E-state index is 14.7. The van der Waals surface area contributed by atoms with Crippen LogP contribution >= 0.6 is 0 Å². The monoisotopic (exact) mass is 470 g/mol. The number of alkyl halides is 11. The zero-order valence-corrected chi connectivity index (χ0v) is 15.7. The molecule has 0 saturated carbocycles. The number of esters is 1. The van der Waals surface area contributed by atoms with Crippen molar-refractivity contribution < 1.29 is 67.7 Å². The molecule has 3 unspecified atom stereocenters. The van der Waals surface area contributed by atoms with E-state index >= 15 is 0 Å².